The molecule has 0 N–H and O–H groups in total. The fourth-order valence-electron chi connectivity index (χ4n) is 6.91. The van der Waals surface area contributed by atoms with Gasteiger partial charge in [0.2, 0.25) is 0 Å². The first-order valence-corrected chi connectivity index (χ1v) is 15.6. The lowest BCUT2D eigenvalue weighted by molar-refractivity contribution is 1.10. The second kappa shape index (κ2) is 11.1. The summed E-state index contributed by atoms with van der Waals surface area (Å²) in [7, 11) is 0. The molecule has 0 unspecified atom stereocenters. The minimum absolute atomic E-state index is 1.14. The first-order chi connectivity index (χ1) is 22.2. The molecule has 0 aliphatic carbocycles. The van der Waals surface area contributed by atoms with Gasteiger partial charge in [-0.2, -0.15) is 0 Å². The third kappa shape index (κ3) is 4.74. The lowest BCUT2D eigenvalue weighted by atomic mass is 9.85. The summed E-state index contributed by atoms with van der Waals surface area (Å²) in [6.45, 7) is 4.36. The van der Waals surface area contributed by atoms with E-state index in [4.69, 9.17) is 0 Å². The maximum atomic E-state index is 2.42. The molecule has 0 bridgehead atoms. The highest BCUT2D eigenvalue weighted by atomic mass is 15.0. The van der Waals surface area contributed by atoms with Gasteiger partial charge in [-0.3, -0.25) is 0 Å². The van der Waals surface area contributed by atoms with Crippen molar-refractivity contribution in [1.29, 1.82) is 0 Å². The van der Waals surface area contributed by atoms with Crippen molar-refractivity contribution in [1.82, 2.24) is 4.57 Å². The molecule has 1 heterocycles. The summed E-state index contributed by atoms with van der Waals surface area (Å²) < 4.78 is 2.42. The van der Waals surface area contributed by atoms with Crippen LogP contribution in [0.5, 0.6) is 0 Å². The Bertz CT molecular complexity index is 2270. The Morgan fingerprint density at radius 3 is 1.29 bits per heavy atom. The topological polar surface area (TPSA) is 4.93 Å². The molecule has 45 heavy (non-hydrogen) atoms. The maximum absolute atomic E-state index is 2.42. The molecule has 0 radical (unpaired) electrons. The van der Waals surface area contributed by atoms with Crippen molar-refractivity contribution in [2.24, 2.45) is 0 Å². The fourth-order valence-corrected chi connectivity index (χ4v) is 6.91. The predicted molar refractivity (Wildman–Crippen MR) is 192 cm³/mol. The van der Waals surface area contributed by atoms with Crippen LogP contribution in [0.15, 0.2) is 164 Å². The van der Waals surface area contributed by atoms with Crippen molar-refractivity contribution in [2.45, 2.75) is 13.8 Å². The Labute approximate surface area is 264 Å². The van der Waals surface area contributed by atoms with Crippen LogP contribution in [-0.2, 0) is 0 Å². The number of aryl methyl sites for hydroxylation is 2. The van der Waals surface area contributed by atoms with Crippen molar-refractivity contribution in [3.05, 3.63) is 175 Å². The number of hydrogen-bond donors (Lipinski definition) is 0. The molecule has 8 rings (SSSR count). The van der Waals surface area contributed by atoms with Crippen molar-refractivity contribution in [3.8, 4) is 50.5 Å². The SMILES string of the molecule is Cc1cccc(-c2c3ccccc3c(-c3cccc(C)c3)c3cc(-n4c(-c5ccccc5)ccc4-c4ccccc4)ccc23)c1. The average Bonchev–Trinajstić information content (AvgIpc) is 3.53. The predicted octanol–water partition coefficient (Wildman–Crippen LogP) is 12.1. The molecule has 0 atom stereocenters. The minimum Gasteiger partial charge on any atom is -0.309 e. The molecule has 0 saturated carbocycles. The largest absolute Gasteiger partial charge is 0.309 e. The van der Waals surface area contributed by atoms with Crippen molar-refractivity contribution < 1.29 is 0 Å². The third-order valence-electron chi connectivity index (χ3n) is 8.90. The first kappa shape index (κ1) is 26.9. The van der Waals surface area contributed by atoms with Crippen LogP contribution >= 0.6 is 0 Å². The molecule has 1 nitrogen and oxygen atoms in total. The van der Waals surface area contributed by atoms with Crippen molar-refractivity contribution >= 4 is 21.5 Å². The summed E-state index contributed by atoms with van der Waals surface area (Å²) >= 11 is 0. The van der Waals surface area contributed by atoms with E-state index in [-0.39, 0.29) is 0 Å². The Morgan fingerprint density at radius 1 is 0.333 bits per heavy atom. The summed E-state index contributed by atoms with van der Waals surface area (Å²) in [5.41, 5.74) is 13.4. The van der Waals surface area contributed by atoms with Gasteiger partial charge >= 0.3 is 0 Å². The summed E-state index contributed by atoms with van der Waals surface area (Å²) in [5, 5.41) is 5.05. The minimum atomic E-state index is 1.14. The van der Waals surface area contributed by atoms with Crippen LogP contribution in [0.4, 0.5) is 0 Å². The second-order valence-corrected chi connectivity index (χ2v) is 11.9. The average molecular weight is 576 g/mol. The van der Waals surface area contributed by atoms with Gasteiger partial charge in [0.15, 0.2) is 0 Å². The second-order valence-electron chi connectivity index (χ2n) is 11.9. The van der Waals surface area contributed by atoms with Crippen LogP contribution < -0.4 is 0 Å². The molecule has 0 aliphatic rings. The smallest absolute Gasteiger partial charge is 0.0535 e. The number of benzene rings is 7. The van der Waals surface area contributed by atoms with Crippen LogP contribution in [0.2, 0.25) is 0 Å². The van der Waals surface area contributed by atoms with E-state index in [9.17, 15) is 0 Å². The Balaban J connectivity index is 1.51. The molecule has 7 aromatic carbocycles. The van der Waals surface area contributed by atoms with E-state index in [2.05, 4.69) is 182 Å². The van der Waals surface area contributed by atoms with E-state index in [0.29, 0.717) is 0 Å². The van der Waals surface area contributed by atoms with Crippen molar-refractivity contribution in [2.75, 3.05) is 0 Å². The molecule has 8 aromatic rings. The highest BCUT2D eigenvalue weighted by molar-refractivity contribution is 6.21. The van der Waals surface area contributed by atoms with Gasteiger partial charge in [-0.25, -0.2) is 0 Å². The molecule has 0 spiro atoms. The van der Waals surface area contributed by atoms with Gasteiger partial charge in [0.25, 0.3) is 0 Å². The van der Waals surface area contributed by atoms with Crippen LogP contribution in [0.3, 0.4) is 0 Å². The molecular weight excluding hydrogens is 542 g/mol. The summed E-state index contributed by atoms with van der Waals surface area (Å²) in [4.78, 5) is 0. The van der Waals surface area contributed by atoms with E-state index in [1.807, 2.05) is 0 Å². The molecule has 0 fully saturated rings. The number of nitrogens with zero attached hydrogens (tertiary/aromatic N) is 1. The van der Waals surface area contributed by atoms with Crippen LogP contribution in [0.25, 0.3) is 72.0 Å². The maximum Gasteiger partial charge on any atom is 0.0535 e. The van der Waals surface area contributed by atoms with E-state index >= 15 is 0 Å². The molecule has 1 heteroatoms. The Hall–Kier alpha value is -5.66. The zero-order valence-corrected chi connectivity index (χ0v) is 25.5. The van der Waals surface area contributed by atoms with Gasteiger partial charge < -0.3 is 4.57 Å². The van der Waals surface area contributed by atoms with Gasteiger partial charge in [-0.05, 0) is 93.0 Å². The third-order valence-corrected chi connectivity index (χ3v) is 8.90. The normalized spacial score (nSPS) is 11.3. The highest BCUT2D eigenvalue weighted by Crippen LogP contribution is 2.45. The fraction of sp³-hybridized carbons (Fsp3) is 0.0455. The van der Waals surface area contributed by atoms with E-state index in [0.717, 1.165) is 5.69 Å². The monoisotopic (exact) mass is 575 g/mol. The van der Waals surface area contributed by atoms with Gasteiger partial charge in [0.1, 0.15) is 0 Å². The van der Waals surface area contributed by atoms with Crippen LogP contribution in [0.1, 0.15) is 11.1 Å². The molecule has 0 saturated heterocycles. The lowest BCUT2D eigenvalue weighted by Crippen LogP contribution is -2.00. The van der Waals surface area contributed by atoms with E-state index in [1.54, 1.807) is 0 Å². The van der Waals surface area contributed by atoms with Gasteiger partial charge in [0.05, 0.1) is 11.4 Å². The highest BCUT2D eigenvalue weighted by Gasteiger charge is 2.20. The molecule has 0 amide bonds. The zero-order chi connectivity index (χ0) is 30.3. The summed E-state index contributed by atoms with van der Waals surface area (Å²) in [5.74, 6) is 0. The van der Waals surface area contributed by atoms with Gasteiger partial charge in [-0.15, -0.1) is 0 Å². The zero-order valence-electron chi connectivity index (χ0n) is 25.5. The van der Waals surface area contributed by atoms with Crippen LogP contribution in [0, 0.1) is 13.8 Å². The standard InChI is InChI=1S/C44H33N/c1-30-13-11-19-34(27-30)43-37-21-9-10-22-38(37)44(35-20-12-14-31(2)28-35)40-29-36(23-24-39(40)43)45-41(32-15-5-3-6-16-32)25-26-42(45)33-17-7-4-8-18-33/h3-29H,1-2H3. The van der Waals surface area contributed by atoms with E-state index in [1.165, 1.54) is 77.4 Å². The van der Waals surface area contributed by atoms with Gasteiger partial charge in [0, 0.05) is 5.69 Å². The molecular formula is C44H33N. The van der Waals surface area contributed by atoms with Crippen molar-refractivity contribution in [3.63, 3.8) is 0 Å². The number of hydrogen-bond acceptors (Lipinski definition) is 0. The number of aromatic nitrogens is 1. The summed E-state index contributed by atoms with van der Waals surface area (Å²) in [6, 6.07) is 59.7. The number of rotatable bonds is 5. The quantitative estimate of drug-likeness (QED) is 0.180. The van der Waals surface area contributed by atoms with Gasteiger partial charge in [-0.1, -0.05) is 151 Å². The Kier molecular flexibility index (Phi) is 6.65. The lowest BCUT2D eigenvalue weighted by Gasteiger charge is -2.20. The first-order valence-electron chi connectivity index (χ1n) is 15.6. The molecule has 214 valence electrons. The Morgan fingerprint density at radius 2 is 0.778 bits per heavy atom. The van der Waals surface area contributed by atoms with Crippen LogP contribution in [-0.4, -0.2) is 4.57 Å². The van der Waals surface area contributed by atoms with E-state index < -0.39 is 0 Å². The molecule has 1 aromatic heterocycles. The summed E-state index contributed by atoms with van der Waals surface area (Å²) in [6.07, 6.45) is 0. The molecule has 0 aliphatic heterocycles. The number of fused-ring (bicyclic) bond motifs is 2.